The second kappa shape index (κ2) is 9.19. The number of nitrogens with zero attached hydrogens (tertiary/aromatic N) is 7. The number of carbonyl (C=O) groups excluding carboxylic acids is 1. The first-order chi connectivity index (χ1) is 15.5. The summed E-state index contributed by atoms with van der Waals surface area (Å²) >= 11 is 0. The van der Waals surface area contributed by atoms with Gasteiger partial charge in [-0.05, 0) is 13.8 Å². The molecule has 12 heteroatoms. The number of nitriles is 1. The van der Waals surface area contributed by atoms with Gasteiger partial charge in [0.15, 0.2) is 5.69 Å². The number of fused-ring (bicyclic) bond motifs is 1. The number of hydrogen-bond donors (Lipinski definition) is 1. The number of hydrogen-bond acceptors (Lipinski definition) is 9. The minimum absolute atomic E-state index is 0.0264. The van der Waals surface area contributed by atoms with Gasteiger partial charge in [0, 0.05) is 26.2 Å². The van der Waals surface area contributed by atoms with Gasteiger partial charge in [0.25, 0.3) is 11.6 Å². The highest BCUT2D eigenvalue weighted by molar-refractivity contribution is 5.79. The number of aromatic nitrogens is 5. The minimum atomic E-state index is -0.265. The average Bonchev–Trinajstić information content (AvgIpc) is 3.42. The summed E-state index contributed by atoms with van der Waals surface area (Å²) in [5.41, 5.74) is 1.27. The van der Waals surface area contributed by atoms with Crippen LogP contribution in [0.1, 0.15) is 30.8 Å². The van der Waals surface area contributed by atoms with Gasteiger partial charge in [-0.2, -0.15) is 20.4 Å². The zero-order chi connectivity index (χ0) is 22.7. The smallest absolute Gasteiger partial charge is 0.298 e. The molecule has 32 heavy (non-hydrogen) atoms. The zero-order valence-electron chi connectivity index (χ0n) is 17.9. The summed E-state index contributed by atoms with van der Waals surface area (Å²) in [5.74, 6) is 0.0264. The summed E-state index contributed by atoms with van der Waals surface area (Å²) in [7, 11) is 0. The van der Waals surface area contributed by atoms with Crippen molar-refractivity contribution in [3.05, 3.63) is 34.2 Å². The van der Waals surface area contributed by atoms with Crippen LogP contribution >= 0.6 is 0 Å². The van der Waals surface area contributed by atoms with Gasteiger partial charge in [-0.3, -0.25) is 14.3 Å². The summed E-state index contributed by atoms with van der Waals surface area (Å²) in [6, 6.07) is 2.23. The van der Waals surface area contributed by atoms with E-state index in [1.54, 1.807) is 22.7 Å². The Hall–Kier alpha value is -3.72. The van der Waals surface area contributed by atoms with Crippen LogP contribution in [0.4, 0.5) is 6.01 Å². The Morgan fingerprint density at radius 1 is 1.38 bits per heavy atom. The number of piperazine rings is 1. The van der Waals surface area contributed by atoms with Gasteiger partial charge in [0.2, 0.25) is 5.91 Å². The molecule has 3 aromatic rings. The molecule has 1 fully saturated rings. The van der Waals surface area contributed by atoms with Crippen LogP contribution in [-0.2, 0) is 9.53 Å². The highest BCUT2D eigenvalue weighted by Gasteiger charge is 2.24. The number of rotatable bonds is 7. The van der Waals surface area contributed by atoms with E-state index in [4.69, 9.17) is 14.4 Å². The maximum atomic E-state index is 12.5. The van der Waals surface area contributed by atoms with Gasteiger partial charge in [-0.1, -0.05) is 0 Å². The van der Waals surface area contributed by atoms with Crippen molar-refractivity contribution in [2.24, 2.45) is 0 Å². The molecule has 4 heterocycles. The van der Waals surface area contributed by atoms with E-state index in [0.717, 1.165) is 0 Å². The molecule has 0 spiro atoms. The molecule has 1 saturated heterocycles. The summed E-state index contributed by atoms with van der Waals surface area (Å²) < 4.78 is 12.8. The van der Waals surface area contributed by atoms with E-state index in [-0.39, 0.29) is 29.6 Å². The summed E-state index contributed by atoms with van der Waals surface area (Å²) in [6.45, 7) is 6.67. The molecule has 0 aromatic carbocycles. The van der Waals surface area contributed by atoms with Crippen LogP contribution in [0, 0.1) is 18.3 Å². The van der Waals surface area contributed by atoms with Crippen LogP contribution in [0.15, 0.2) is 21.7 Å². The van der Waals surface area contributed by atoms with E-state index in [9.17, 15) is 9.59 Å². The van der Waals surface area contributed by atoms with Crippen molar-refractivity contribution in [2.45, 2.75) is 26.3 Å². The average molecular weight is 440 g/mol. The second-order valence-electron chi connectivity index (χ2n) is 7.66. The monoisotopic (exact) mass is 440 g/mol. The highest BCUT2D eigenvalue weighted by atomic mass is 16.5. The Kier molecular flexibility index (Phi) is 6.18. The predicted molar refractivity (Wildman–Crippen MR) is 113 cm³/mol. The fraction of sp³-hybridized carbons (Fsp3) is 0.500. The number of nitrogens with one attached hydrogen (secondary N) is 1. The normalized spacial score (nSPS) is 15.2. The number of carbonyl (C=O) groups is 1. The van der Waals surface area contributed by atoms with Crippen molar-refractivity contribution in [2.75, 3.05) is 44.3 Å². The quantitative estimate of drug-likeness (QED) is 0.522. The van der Waals surface area contributed by atoms with E-state index in [0.29, 0.717) is 62.0 Å². The van der Waals surface area contributed by atoms with Crippen LogP contribution in [-0.4, -0.2) is 75.2 Å². The summed E-state index contributed by atoms with van der Waals surface area (Å²) in [5, 5.41) is 20.1. The van der Waals surface area contributed by atoms with Crippen LogP contribution in [0.3, 0.4) is 0 Å². The molecule has 168 valence electrons. The van der Waals surface area contributed by atoms with Gasteiger partial charge in [0.05, 0.1) is 48.5 Å². The topological polar surface area (TPSA) is 146 Å². The standard InChI is InChI=1S/C20H24N8O4/c1-13(28-16-10-22-24-19(30)18(16)14(2)25-28)11-31-8-3-17(29)26-4-6-27(7-5-26)20-23-15(9-21)12-32-20/h10,12-13H,3-8,11H2,1-2H3,(H,24,30). The van der Waals surface area contributed by atoms with Gasteiger partial charge in [-0.15, -0.1) is 0 Å². The van der Waals surface area contributed by atoms with Crippen molar-refractivity contribution in [1.29, 1.82) is 5.26 Å². The lowest BCUT2D eigenvalue weighted by Crippen LogP contribution is -2.49. The third kappa shape index (κ3) is 4.33. The van der Waals surface area contributed by atoms with E-state index in [2.05, 4.69) is 20.3 Å². The Morgan fingerprint density at radius 2 is 2.16 bits per heavy atom. The van der Waals surface area contributed by atoms with Crippen LogP contribution in [0.25, 0.3) is 10.9 Å². The molecule has 1 aliphatic rings. The molecule has 12 nitrogen and oxygen atoms in total. The SMILES string of the molecule is Cc1nn(C(C)COCCC(=O)N2CCN(c3nc(C#N)co3)CC2)c2cn[nH]c(=O)c12. The number of ether oxygens (including phenoxy) is 1. The third-order valence-electron chi connectivity index (χ3n) is 5.45. The number of aryl methyl sites for hydroxylation is 1. The van der Waals surface area contributed by atoms with E-state index >= 15 is 0 Å². The van der Waals surface area contributed by atoms with Gasteiger partial charge in [-0.25, -0.2) is 5.10 Å². The van der Waals surface area contributed by atoms with Crippen molar-refractivity contribution < 1.29 is 13.9 Å². The van der Waals surface area contributed by atoms with E-state index in [1.807, 2.05) is 17.9 Å². The van der Waals surface area contributed by atoms with E-state index in [1.165, 1.54) is 6.26 Å². The fourth-order valence-corrected chi connectivity index (χ4v) is 3.76. The first-order valence-electron chi connectivity index (χ1n) is 10.4. The molecule has 0 bridgehead atoms. The predicted octanol–water partition coefficient (Wildman–Crippen LogP) is 0.604. The first kappa shape index (κ1) is 21.5. The molecule has 0 saturated carbocycles. The second-order valence-corrected chi connectivity index (χ2v) is 7.66. The molecule has 3 aromatic heterocycles. The molecule has 4 rings (SSSR count). The molecule has 1 atom stereocenters. The molecule has 1 unspecified atom stereocenters. The number of oxazole rings is 1. The number of H-pyrrole nitrogens is 1. The molecule has 0 aliphatic carbocycles. The van der Waals surface area contributed by atoms with Crippen molar-refractivity contribution in [3.8, 4) is 6.07 Å². The fourth-order valence-electron chi connectivity index (χ4n) is 3.76. The summed E-state index contributed by atoms with van der Waals surface area (Å²) in [6.07, 6.45) is 3.19. The molecular formula is C20H24N8O4. The lowest BCUT2D eigenvalue weighted by molar-refractivity contribution is -0.132. The van der Waals surface area contributed by atoms with Crippen LogP contribution in [0.2, 0.25) is 0 Å². The number of anilines is 1. The van der Waals surface area contributed by atoms with Crippen molar-refractivity contribution >= 4 is 22.8 Å². The lowest BCUT2D eigenvalue weighted by atomic mass is 10.3. The largest absolute Gasteiger partial charge is 0.431 e. The Bertz CT molecular complexity index is 1200. The summed E-state index contributed by atoms with van der Waals surface area (Å²) in [4.78, 5) is 32.3. The highest BCUT2D eigenvalue weighted by Crippen LogP contribution is 2.18. The Labute approximate surface area is 183 Å². The third-order valence-corrected chi connectivity index (χ3v) is 5.45. The van der Waals surface area contributed by atoms with Crippen molar-refractivity contribution in [1.82, 2.24) is 29.9 Å². The van der Waals surface area contributed by atoms with Crippen molar-refractivity contribution in [3.63, 3.8) is 0 Å². The molecule has 0 radical (unpaired) electrons. The molecule has 1 aliphatic heterocycles. The maximum Gasteiger partial charge on any atom is 0.298 e. The molecule has 1 N–H and O–H groups in total. The maximum absolute atomic E-state index is 12.5. The zero-order valence-corrected chi connectivity index (χ0v) is 17.9. The first-order valence-corrected chi connectivity index (χ1v) is 10.4. The minimum Gasteiger partial charge on any atom is -0.431 e. The van der Waals surface area contributed by atoms with Gasteiger partial charge >= 0.3 is 0 Å². The Morgan fingerprint density at radius 3 is 2.88 bits per heavy atom. The molecule has 1 amide bonds. The van der Waals surface area contributed by atoms with E-state index < -0.39 is 0 Å². The lowest BCUT2D eigenvalue weighted by Gasteiger charge is -2.33. The molecular weight excluding hydrogens is 416 g/mol. The van der Waals surface area contributed by atoms with Gasteiger partial charge in [0.1, 0.15) is 12.3 Å². The number of aromatic amines is 1. The van der Waals surface area contributed by atoms with Gasteiger partial charge < -0.3 is 19.0 Å². The van der Waals surface area contributed by atoms with Crippen LogP contribution in [0.5, 0.6) is 0 Å². The Balaban J connectivity index is 1.22. The number of amides is 1. The van der Waals surface area contributed by atoms with Crippen LogP contribution < -0.4 is 10.5 Å².